The van der Waals surface area contributed by atoms with Crippen molar-refractivity contribution in [1.29, 1.82) is 0 Å². The molecule has 1 heterocycles. The Bertz CT molecular complexity index is 3270. The Morgan fingerprint density at radius 2 is 0.845 bits per heavy atom. The minimum Gasteiger partial charge on any atom is -0.309 e. The number of anilines is 3. The van der Waals surface area contributed by atoms with Gasteiger partial charge in [0.25, 0.3) is 0 Å². The molecular formula is C56H38N2. The number of rotatable bonds is 7. The number of nitrogens with zero attached hydrogens (tertiary/aromatic N) is 2. The summed E-state index contributed by atoms with van der Waals surface area (Å²) in [6.45, 7) is 0. The molecule has 2 heteroatoms. The smallest absolute Gasteiger partial charge is 0.0562 e. The summed E-state index contributed by atoms with van der Waals surface area (Å²) in [5.74, 6) is 0. The van der Waals surface area contributed by atoms with E-state index in [4.69, 9.17) is 0 Å². The Balaban J connectivity index is 1.10. The lowest BCUT2D eigenvalue weighted by atomic mass is 9.96. The number of hydrogen-bond acceptors (Lipinski definition) is 1. The maximum Gasteiger partial charge on any atom is 0.0562 e. The third-order valence-electron chi connectivity index (χ3n) is 11.5. The lowest BCUT2D eigenvalue weighted by Gasteiger charge is -2.29. The largest absolute Gasteiger partial charge is 0.309 e. The summed E-state index contributed by atoms with van der Waals surface area (Å²) in [5, 5.41) is 7.30. The van der Waals surface area contributed by atoms with E-state index >= 15 is 0 Å². The Labute approximate surface area is 338 Å². The fraction of sp³-hybridized carbons (Fsp3) is 0. The molecule has 11 rings (SSSR count). The quantitative estimate of drug-likeness (QED) is 0.158. The second-order valence-electron chi connectivity index (χ2n) is 15.0. The van der Waals surface area contributed by atoms with Gasteiger partial charge in [-0.25, -0.2) is 0 Å². The molecule has 0 atom stereocenters. The molecule has 0 saturated heterocycles. The highest BCUT2D eigenvalue weighted by Crippen LogP contribution is 2.47. The van der Waals surface area contributed by atoms with E-state index in [1.54, 1.807) is 0 Å². The highest BCUT2D eigenvalue weighted by atomic mass is 15.2. The second-order valence-corrected chi connectivity index (χ2v) is 15.0. The average Bonchev–Trinajstić information content (AvgIpc) is 3.64. The van der Waals surface area contributed by atoms with E-state index in [0.717, 1.165) is 22.7 Å². The van der Waals surface area contributed by atoms with Gasteiger partial charge >= 0.3 is 0 Å². The minimum absolute atomic E-state index is 1.10. The second kappa shape index (κ2) is 14.1. The van der Waals surface area contributed by atoms with Crippen molar-refractivity contribution in [1.82, 2.24) is 4.57 Å². The number of hydrogen-bond donors (Lipinski definition) is 0. The van der Waals surface area contributed by atoms with Crippen LogP contribution in [0.1, 0.15) is 0 Å². The van der Waals surface area contributed by atoms with Crippen molar-refractivity contribution in [3.8, 4) is 39.1 Å². The monoisotopic (exact) mass is 738 g/mol. The maximum absolute atomic E-state index is 2.47. The number of para-hydroxylation sites is 3. The molecule has 272 valence electrons. The first-order chi connectivity index (χ1) is 28.8. The van der Waals surface area contributed by atoms with E-state index in [9.17, 15) is 0 Å². The molecule has 0 saturated carbocycles. The van der Waals surface area contributed by atoms with Gasteiger partial charge in [0, 0.05) is 27.7 Å². The molecule has 1 aromatic heterocycles. The summed E-state index contributed by atoms with van der Waals surface area (Å²) in [5.41, 5.74) is 14.1. The first-order valence-electron chi connectivity index (χ1n) is 19.9. The predicted molar refractivity (Wildman–Crippen MR) is 247 cm³/mol. The van der Waals surface area contributed by atoms with Gasteiger partial charge < -0.3 is 9.47 Å². The molecule has 0 spiro atoms. The number of fused-ring (bicyclic) bond motifs is 5. The molecule has 0 fully saturated rings. The lowest BCUT2D eigenvalue weighted by Crippen LogP contribution is -2.11. The van der Waals surface area contributed by atoms with E-state index in [-0.39, 0.29) is 0 Å². The van der Waals surface area contributed by atoms with Crippen molar-refractivity contribution >= 4 is 60.4 Å². The van der Waals surface area contributed by atoms with Gasteiger partial charge in [-0.05, 0) is 116 Å². The fourth-order valence-electron chi connectivity index (χ4n) is 8.77. The van der Waals surface area contributed by atoms with Gasteiger partial charge in [0.05, 0.1) is 22.4 Å². The van der Waals surface area contributed by atoms with Gasteiger partial charge in [-0.2, -0.15) is 0 Å². The summed E-state index contributed by atoms with van der Waals surface area (Å²) in [6, 6.07) is 83.8. The van der Waals surface area contributed by atoms with Crippen LogP contribution < -0.4 is 4.90 Å². The molecule has 0 radical (unpaired) electrons. The number of benzene rings is 10. The molecule has 2 nitrogen and oxygen atoms in total. The van der Waals surface area contributed by atoms with Crippen LogP contribution in [-0.4, -0.2) is 4.57 Å². The molecule has 0 N–H and O–H groups in total. The zero-order chi connectivity index (χ0) is 38.4. The molecule has 0 amide bonds. The Morgan fingerprint density at radius 1 is 0.310 bits per heavy atom. The van der Waals surface area contributed by atoms with Crippen molar-refractivity contribution in [3.05, 3.63) is 231 Å². The fourth-order valence-corrected chi connectivity index (χ4v) is 8.77. The normalized spacial score (nSPS) is 11.4. The predicted octanol–water partition coefficient (Wildman–Crippen LogP) is 15.6. The zero-order valence-electron chi connectivity index (χ0n) is 31.8. The third-order valence-corrected chi connectivity index (χ3v) is 11.5. The Kier molecular flexibility index (Phi) is 8.19. The van der Waals surface area contributed by atoms with Gasteiger partial charge in [0.2, 0.25) is 0 Å². The van der Waals surface area contributed by atoms with Gasteiger partial charge in [-0.1, -0.05) is 164 Å². The third kappa shape index (κ3) is 5.82. The minimum atomic E-state index is 1.10. The van der Waals surface area contributed by atoms with E-state index in [1.165, 1.54) is 76.7 Å². The topological polar surface area (TPSA) is 8.17 Å². The van der Waals surface area contributed by atoms with Gasteiger partial charge in [-0.3, -0.25) is 0 Å². The molecule has 0 aliphatic carbocycles. The van der Waals surface area contributed by atoms with Crippen LogP contribution in [0, 0.1) is 0 Å². The van der Waals surface area contributed by atoms with Crippen LogP contribution in [0.15, 0.2) is 231 Å². The van der Waals surface area contributed by atoms with Crippen LogP contribution in [0.25, 0.3) is 82.4 Å². The molecule has 0 bridgehead atoms. The van der Waals surface area contributed by atoms with Crippen LogP contribution in [0.2, 0.25) is 0 Å². The maximum atomic E-state index is 2.47. The van der Waals surface area contributed by atoms with Crippen LogP contribution >= 0.6 is 0 Å². The number of aromatic nitrogens is 1. The van der Waals surface area contributed by atoms with Crippen molar-refractivity contribution in [2.75, 3.05) is 4.90 Å². The first kappa shape index (κ1) is 33.6. The molecule has 0 aliphatic rings. The lowest BCUT2D eigenvalue weighted by molar-refractivity contribution is 1.18. The van der Waals surface area contributed by atoms with Crippen LogP contribution in [0.5, 0.6) is 0 Å². The van der Waals surface area contributed by atoms with E-state index in [2.05, 4.69) is 240 Å². The zero-order valence-corrected chi connectivity index (χ0v) is 31.8. The van der Waals surface area contributed by atoms with Crippen molar-refractivity contribution in [3.63, 3.8) is 0 Å². The van der Waals surface area contributed by atoms with E-state index in [1.807, 2.05) is 0 Å². The summed E-state index contributed by atoms with van der Waals surface area (Å²) in [4.78, 5) is 2.47. The van der Waals surface area contributed by atoms with E-state index < -0.39 is 0 Å². The highest BCUT2D eigenvalue weighted by Gasteiger charge is 2.23. The molecule has 0 unspecified atom stereocenters. The summed E-state index contributed by atoms with van der Waals surface area (Å²) in [7, 11) is 0. The van der Waals surface area contributed by atoms with Crippen LogP contribution in [0.3, 0.4) is 0 Å². The van der Waals surface area contributed by atoms with Gasteiger partial charge in [0.15, 0.2) is 0 Å². The molecular weight excluding hydrogens is 701 g/mol. The van der Waals surface area contributed by atoms with E-state index in [0.29, 0.717) is 0 Å². The standard InChI is InChI=1S/C56H38N2/c1-4-15-39(16-5-1)42-29-30-44-36-45(32-31-43(44)35-42)46-28-27-40-33-34-49(38-47(40)37-46)58(52-23-12-10-21-50(52)41-17-6-2-7-18-41)55-26-14-25-54-56(55)51-22-11-13-24-53(51)57(54)48-19-8-3-9-20-48/h1-38H. The highest BCUT2D eigenvalue weighted by molar-refractivity contribution is 6.17. The van der Waals surface area contributed by atoms with Crippen molar-refractivity contribution in [2.24, 2.45) is 0 Å². The van der Waals surface area contributed by atoms with Crippen molar-refractivity contribution < 1.29 is 0 Å². The average molecular weight is 739 g/mol. The van der Waals surface area contributed by atoms with Gasteiger partial charge in [0.1, 0.15) is 0 Å². The molecule has 0 aliphatic heterocycles. The first-order valence-corrected chi connectivity index (χ1v) is 19.9. The summed E-state index contributed by atoms with van der Waals surface area (Å²) < 4.78 is 2.40. The molecule has 58 heavy (non-hydrogen) atoms. The summed E-state index contributed by atoms with van der Waals surface area (Å²) >= 11 is 0. The van der Waals surface area contributed by atoms with Crippen molar-refractivity contribution in [2.45, 2.75) is 0 Å². The van der Waals surface area contributed by atoms with Crippen LogP contribution in [0.4, 0.5) is 17.1 Å². The Hall–Kier alpha value is -7.68. The summed E-state index contributed by atoms with van der Waals surface area (Å²) in [6.07, 6.45) is 0. The van der Waals surface area contributed by atoms with Gasteiger partial charge in [-0.15, -0.1) is 0 Å². The Morgan fingerprint density at radius 3 is 1.59 bits per heavy atom. The molecule has 11 aromatic rings. The SMILES string of the molecule is c1ccc(-c2ccc3cc(-c4ccc5ccc(N(c6ccccc6-c6ccccc6)c6cccc7c6c6ccccc6n7-c6ccccc6)cc5c4)ccc3c2)cc1. The molecule has 10 aromatic carbocycles. The van der Waals surface area contributed by atoms with Crippen LogP contribution in [-0.2, 0) is 0 Å².